The van der Waals surface area contributed by atoms with Crippen molar-refractivity contribution in [2.24, 2.45) is 0 Å². The van der Waals surface area contributed by atoms with Crippen molar-refractivity contribution in [1.29, 1.82) is 0 Å². The first-order chi connectivity index (χ1) is 16.2. The van der Waals surface area contributed by atoms with Crippen LogP contribution in [0.15, 0.2) is 66.7 Å². The van der Waals surface area contributed by atoms with Crippen LogP contribution in [0, 0.1) is 0 Å². The minimum atomic E-state index is -0.741. The molecule has 0 saturated carbocycles. The fourth-order valence-electron chi connectivity index (χ4n) is 4.41. The van der Waals surface area contributed by atoms with E-state index in [1.54, 1.807) is 12.1 Å². The third-order valence-electron chi connectivity index (χ3n) is 6.62. The van der Waals surface area contributed by atoms with E-state index in [-0.39, 0.29) is 41.3 Å². The Morgan fingerprint density at radius 3 is 1.60 bits per heavy atom. The van der Waals surface area contributed by atoms with Crippen LogP contribution in [0.3, 0.4) is 0 Å². The molecule has 0 radical (unpaired) electrons. The molecule has 0 heterocycles. The van der Waals surface area contributed by atoms with E-state index in [0.29, 0.717) is 0 Å². The quantitative estimate of drug-likeness (QED) is 0.373. The maximum atomic E-state index is 13.2. The van der Waals surface area contributed by atoms with Crippen LogP contribution in [0.5, 0.6) is 11.5 Å². The van der Waals surface area contributed by atoms with Crippen LogP contribution in [-0.2, 0) is 32.4 Å². The van der Waals surface area contributed by atoms with E-state index in [2.05, 4.69) is 41.5 Å². The molecular formula is C31H38O4. The zero-order valence-corrected chi connectivity index (χ0v) is 22.0. The Bertz CT molecular complexity index is 1120. The smallest absolute Gasteiger partial charge is 0.307 e. The van der Waals surface area contributed by atoms with Gasteiger partial charge in [0.1, 0.15) is 18.1 Å². The molecule has 35 heavy (non-hydrogen) atoms. The molecule has 0 aliphatic rings. The van der Waals surface area contributed by atoms with E-state index in [1.807, 2.05) is 61.5 Å². The maximum absolute atomic E-state index is 13.2. The molecule has 3 aromatic rings. The second kappa shape index (κ2) is 9.77. The van der Waals surface area contributed by atoms with Crippen LogP contribution in [0.2, 0.25) is 0 Å². The van der Waals surface area contributed by atoms with Gasteiger partial charge >= 0.3 is 5.97 Å². The van der Waals surface area contributed by atoms with E-state index in [1.165, 1.54) is 0 Å². The average Bonchev–Trinajstić information content (AvgIpc) is 2.77. The molecule has 0 spiro atoms. The highest BCUT2D eigenvalue weighted by molar-refractivity contribution is 5.73. The second-order valence-corrected chi connectivity index (χ2v) is 11.6. The molecule has 0 fully saturated rings. The first-order valence-corrected chi connectivity index (χ1v) is 12.1. The van der Waals surface area contributed by atoms with Gasteiger partial charge in [-0.25, -0.2) is 0 Å². The van der Waals surface area contributed by atoms with Gasteiger partial charge in [0.2, 0.25) is 0 Å². The molecule has 3 rings (SSSR count). The number of carbonyl (C=O) groups excluding carboxylic acids is 1. The van der Waals surface area contributed by atoms with E-state index < -0.39 is 5.41 Å². The molecule has 3 aromatic carbocycles. The topological polar surface area (TPSA) is 66.8 Å². The molecular weight excluding hydrogens is 436 g/mol. The van der Waals surface area contributed by atoms with E-state index >= 15 is 0 Å². The first kappa shape index (κ1) is 26.3. The predicted octanol–water partition coefficient (Wildman–Crippen LogP) is 7.13. The van der Waals surface area contributed by atoms with Crippen LogP contribution >= 0.6 is 0 Å². The van der Waals surface area contributed by atoms with Gasteiger partial charge in [0.25, 0.3) is 0 Å². The number of benzene rings is 3. The number of carbonyl (C=O) groups is 1. The lowest BCUT2D eigenvalue weighted by Crippen LogP contribution is -2.29. The Balaban J connectivity index is 2.08. The SMILES string of the molecule is CC(C)(C)c1cc(C(C)(CC(=O)OCc2ccccc2)c2ccc(O)c(C(C)(C)C)c2)ccc1O. The van der Waals surface area contributed by atoms with E-state index in [0.717, 1.165) is 27.8 Å². The van der Waals surface area contributed by atoms with E-state index in [4.69, 9.17) is 4.74 Å². The highest BCUT2D eigenvalue weighted by Crippen LogP contribution is 2.42. The number of aromatic hydroxyl groups is 2. The fraction of sp³-hybridized carbons (Fsp3) is 0.387. The van der Waals surface area contributed by atoms with Crippen molar-refractivity contribution in [2.75, 3.05) is 0 Å². The largest absolute Gasteiger partial charge is 0.508 e. The lowest BCUT2D eigenvalue weighted by Gasteiger charge is -2.33. The standard InChI is InChI=1S/C31H38O4/c1-29(2,3)24-17-22(13-15-26(24)32)31(7,19-28(34)35-20-21-11-9-8-10-12-21)23-14-16-27(33)25(18-23)30(4,5)6/h8-18,32-33H,19-20H2,1-7H3. The van der Waals surface area contributed by atoms with Gasteiger partial charge in [0, 0.05) is 5.41 Å². The lowest BCUT2D eigenvalue weighted by atomic mass is 9.70. The summed E-state index contributed by atoms with van der Waals surface area (Å²) in [7, 11) is 0. The summed E-state index contributed by atoms with van der Waals surface area (Å²) in [5, 5.41) is 21.1. The van der Waals surface area contributed by atoms with Gasteiger partial charge < -0.3 is 14.9 Å². The summed E-state index contributed by atoms with van der Waals surface area (Å²) in [6.45, 7) is 14.5. The van der Waals surface area contributed by atoms with Gasteiger partial charge in [-0.2, -0.15) is 0 Å². The molecule has 0 unspecified atom stereocenters. The Morgan fingerprint density at radius 2 is 1.17 bits per heavy atom. The van der Waals surface area contributed by atoms with Gasteiger partial charge in [-0.3, -0.25) is 4.79 Å². The summed E-state index contributed by atoms with van der Waals surface area (Å²) in [6.07, 6.45) is 0.114. The maximum Gasteiger partial charge on any atom is 0.307 e. The molecule has 0 bridgehead atoms. The Kier molecular flexibility index (Phi) is 7.35. The number of phenolic OH excluding ortho intramolecular Hbond substituents is 2. The minimum Gasteiger partial charge on any atom is -0.508 e. The average molecular weight is 475 g/mol. The van der Waals surface area contributed by atoms with Crippen molar-refractivity contribution < 1.29 is 19.7 Å². The van der Waals surface area contributed by atoms with Crippen LogP contribution in [0.4, 0.5) is 0 Å². The normalized spacial score (nSPS) is 12.4. The van der Waals surface area contributed by atoms with Crippen molar-refractivity contribution in [2.45, 2.75) is 77.7 Å². The number of hydrogen-bond acceptors (Lipinski definition) is 4. The summed E-state index contributed by atoms with van der Waals surface area (Å²) in [6, 6.07) is 20.8. The van der Waals surface area contributed by atoms with Crippen molar-refractivity contribution in [3.63, 3.8) is 0 Å². The second-order valence-electron chi connectivity index (χ2n) is 11.6. The molecule has 186 valence electrons. The fourth-order valence-corrected chi connectivity index (χ4v) is 4.41. The molecule has 0 amide bonds. The molecule has 0 aliphatic heterocycles. The monoisotopic (exact) mass is 474 g/mol. The minimum absolute atomic E-state index is 0.114. The molecule has 0 atom stereocenters. The third-order valence-corrected chi connectivity index (χ3v) is 6.62. The first-order valence-electron chi connectivity index (χ1n) is 12.1. The van der Waals surface area contributed by atoms with Crippen LogP contribution < -0.4 is 0 Å². The summed E-state index contributed by atoms with van der Waals surface area (Å²) in [5.74, 6) is 0.153. The zero-order valence-electron chi connectivity index (χ0n) is 22.0. The molecule has 2 N–H and O–H groups in total. The zero-order chi connectivity index (χ0) is 26.0. The van der Waals surface area contributed by atoms with Gasteiger partial charge in [0.05, 0.1) is 6.42 Å². The van der Waals surface area contributed by atoms with Crippen LogP contribution in [0.25, 0.3) is 0 Å². The molecule has 0 saturated heterocycles. The van der Waals surface area contributed by atoms with Crippen molar-refractivity contribution in [3.8, 4) is 11.5 Å². The number of rotatable bonds is 6. The van der Waals surface area contributed by atoms with E-state index in [9.17, 15) is 15.0 Å². The lowest BCUT2D eigenvalue weighted by molar-refractivity contribution is -0.146. The van der Waals surface area contributed by atoms with Crippen molar-refractivity contribution in [3.05, 3.63) is 94.5 Å². The summed E-state index contributed by atoms with van der Waals surface area (Å²) in [4.78, 5) is 13.2. The van der Waals surface area contributed by atoms with Gasteiger partial charge in [0.15, 0.2) is 0 Å². The van der Waals surface area contributed by atoms with Crippen LogP contribution in [-0.4, -0.2) is 16.2 Å². The number of phenols is 2. The van der Waals surface area contributed by atoms with Crippen LogP contribution in [0.1, 0.15) is 82.7 Å². The number of hydrogen-bond donors (Lipinski definition) is 2. The Labute approximate surface area is 209 Å². The van der Waals surface area contributed by atoms with Gasteiger partial charge in [-0.05, 0) is 50.8 Å². The van der Waals surface area contributed by atoms with Crippen molar-refractivity contribution >= 4 is 5.97 Å². The molecule has 0 aromatic heterocycles. The number of ether oxygens (including phenoxy) is 1. The predicted molar refractivity (Wildman–Crippen MR) is 141 cm³/mol. The summed E-state index contributed by atoms with van der Waals surface area (Å²) in [5.41, 5.74) is 3.07. The molecule has 4 nitrogen and oxygen atoms in total. The summed E-state index contributed by atoms with van der Waals surface area (Å²) >= 11 is 0. The molecule has 0 aliphatic carbocycles. The number of esters is 1. The van der Waals surface area contributed by atoms with Crippen molar-refractivity contribution in [1.82, 2.24) is 0 Å². The Hall–Kier alpha value is -3.27. The van der Waals surface area contributed by atoms with Gasteiger partial charge in [-0.1, -0.05) is 103 Å². The third kappa shape index (κ3) is 6.05. The highest BCUT2D eigenvalue weighted by atomic mass is 16.5. The molecule has 4 heteroatoms. The highest BCUT2D eigenvalue weighted by Gasteiger charge is 2.35. The summed E-state index contributed by atoms with van der Waals surface area (Å²) < 4.78 is 5.67. The Morgan fingerprint density at radius 1 is 0.714 bits per heavy atom. The van der Waals surface area contributed by atoms with Gasteiger partial charge in [-0.15, -0.1) is 0 Å².